The zero-order chi connectivity index (χ0) is 16.3. The Balaban J connectivity index is 3.99. The standard InChI is InChI=1S/C19H34O2/c1-7-10-18(20)15-17(3)12-8-11-16(2)13-9-14-19(4,5)21-6/h8,12,15-16H,7,9-11,13-14H2,1-6H3. The van der Waals surface area contributed by atoms with Gasteiger partial charge in [0.25, 0.3) is 0 Å². The smallest absolute Gasteiger partial charge is 0.155 e. The van der Waals surface area contributed by atoms with E-state index < -0.39 is 0 Å². The average Bonchev–Trinajstić information content (AvgIpc) is 2.38. The summed E-state index contributed by atoms with van der Waals surface area (Å²) in [6.07, 6.45) is 12.2. The predicted octanol–water partition coefficient (Wildman–Crippen LogP) is 5.48. The summed E-state index contributed by atoms with van der Waals surface area (Å²) < 4.78 is 5.44. The van der Waals surface area contributed by atoms with Crippen LogP contribution in [0.25, 0.3) is 0 Å². The predicted molar refractivity (Wildman–Crippen MR) is 91.5 cm³/mol. The molecule has 0 amide bonds. The van der Waals surface area contributed by atoms with Crippen molar-refractivity contribution in [1.29, 1.82) is 0 Å². The summed E-state index contributed by atoms with van der Waals surface area (Å²) >= 11 is 0. The molecule has 122 valence electrons. The maximum absolute atomic E-state index is 11.5. The van der Waals surface area contributed by atoms with Gasteiger partial charge in [-0.25, -0.2) is 0 Å². The second kappa shape index (κ2) is 10.8. The maximum atomic E-state index is 11.5. The molecule has 0 aliphatic carbocycles. The van der Waals surface area contributed by atoms with Crippen LogP contribution in [0, 0.1) is 5.92 Å². The van der Waals surface area contributed by atoms with E-state index in [4.69, 9.17) is 4.74 Å². The molecule has 0 heterocycles. The number of allylic oxidation sites excluding steroid dienone is 4. The number of carbonyl (C=O) groups is 1. The first-order valence-electron chi connectivity index (χ1n) is 8.23. The second-order valence-corrected chi connectivity index (χ2v) is 6.70. The van der Waals surface area contributed by atoms with Gasteiger partial charge in [-0.1, -0.05) is 38.8 Å². The van der Waals surface area contributed by atoms with Crippen LogP contribution in [0.2, 0.25) is 0 Å². The van der Waals surface area contributed by atoms with E-state index in [9.17, 15) is 4.79 Å². The van der Waals surface area contributed by atoms with E-state index in [1.54, 1.807) is 13.2 Å². The van der Waals surface area contributed by atoms with Crippen LogP contribution in [0.3, 0.4) is 0 Å². The number of methoxy groups -OCH3 is 1. The Hall–Kier alpha value is -0.890. The van der Waals surface area contributed by atoms with Crippen molar-refractivity contribution >= 4 is 5.78 Å². The molecule has 21 heavy (non-hydrogen) atoms. The highest BCUT2D eigenvalue weighted by Crippen LogP contribution is 2.20. The number of hydrogen-bond donors (Lipinski definition) is 0. The molecule has 0 aliphatic rings. The summed E-state index contributed by atoms with van der Waals surface area (Å²) in [5, 5.41) is 0. The third-order valence-corrected chi connectivity index (χ3v) is 3.83. The lowest BCUT2D eigenvalue weighted by molar-refractivity contribution is -0.114. The van der Waals surface area contributed by atoms with Crippen molar-refractivity contribution in [1.82, 2.24) is 0 Å². The Morgan fingerprint density at radius 2 is 2.00 bits per heavy atom. The van der Waals surface area contributed by atoms with Gasteiger partial charge in [0.2, 0.25) is 0 Å². The van der Waals surface area contributed by atoms with Gasteiger partial charge < -0.3 is 4.74 Å². The van der Waals surface area contributed by atoms with Crippen molar-refractivity contribution in [2.45, 2.75) is 78.7 Å². The van der Waals surface area contributed by atoms with Crippen LogP contribution in [0.1, 0.15) is 73.1 Å². The molecule has 2 heteroatoms. The molecule has 1 atom stereocenters. The van der Waals surface area contributed by atoms with Gasteiger partial charge in [0, 0.05) is 13.5 Å². The highest BCUT2D eigenvalue weighted by atomic mass is 16.5. The van der Waals surface area contributed by atoms with Crippen molar-refractivity contribution in [3.8, 4) is 0 Å². The van der Waals surface area contributed by atoms with Crippen LogP contribution in [0.4, 0.5) is 0 Å². The van der Waals surface area contributed by atoms with Gasteiger partial charge in [0.15, 0.2) is 5.78 Å². The van der Waals surface area contributed by atoms with Gasteiger partial charge in [0.1, 0.15) is 0 Å². The molecular weight excluding hydrogens is 260 g/mol. The second-order valence-electron chi connectivity index (χ2n) is 6.70. The van der Waals surface area contributed by atoms with E-state index in [0.717, 1.165) is 24.8 Å². The highest BCUT2D eigenvalue weighted by molar-refractivity contribution is 5.90. The first-order valence-corrected chi connectivity index (χ1v) is 8.23. The molecule has 0 spiro atoms. The molecule has 0 rings (SSSR count). The molecule has 0 aromatic heterocycles. The minimum absolute atomic E-state index is 0.00543. The van der Waals surface area contributed by atoms with E-state index in [0.29, 0.717) is 12.3 Å². The Kier molecular flexibility index (Phi) is 10.3. The Bertz CT molecular complexity index is 351. The van der Waals surface area contributed by atoms with Crippen LogP contribution in [-0.2, 0) is 9.53 Å². The van der Waals surface area contributed by atoms with E-state index >= 15 is 0 Å². The average molecular weight is 294 g/mol. The van der Waals surface area contributed by atoms with E-state index in [1.807, 2.05) is 13.8 Å². The summed E-state index contributed by atoms with van der Waals surface area (Å²) in [5.41, 5.74) is 1.05. The molecule has 0 N–H and O–H groups in total. The molecule has 0 bridgehead atoms. The lowest BCUT2D eigenvalue weighted by Gasteiger charge is -2.23. The number of hydrogen-bond acceptors (Lipinski definition) is 2. The SMILES string of the molecule is CCCC(=O)C=C(C)C=CCC(C)CCCC(C)(C)OC. The number of ether oxygens (including phenoxy) is 1. The largest absolute Gasteiger partial charge is 0.379 e. The van der Waals surface area contributed by atoms with Crippen LogP contribution >= 0.6 is 0 Å². The third-order valence-electron chi connectivity index (χ3n) is 3.83. The van der Waals surface area contributed by atoms with Crippen molar-refractivity contribution in [2.75, 3.05) is 7.11 Å². The minimum Gasteiger partial charge on any atom is -0.379 e. The molecule has 0 aromatic carbocycles. The monoisotopic (exact) mass is 294 g/mol. The fourth-order valence-corrected chi connectivity index (χ4v) is 2.20. The van der Waals surface area contributed by atoms with Crippen molar-refractivity contribution in [3.05, 3.63) is 23.8 Å². The third kappa shape index (κ3) is 11.4. The zero-order valence-corrected chi connectivity index (χ0v) is 14.9. The number of rotatable bonds is 11. The molecule has 2 nitrogen and oxygen atoms in total. The number of ketones is 1. The van der Waals surface area contributed by atoms with Crippen LogP contribution < -0.4 is 0 Å². The fraction of sp³-hybridized carbons (Fsp3) is 0.737. The van der Waals surface area contributed by atoms with Crippen LogP contribution in [0.5, 0.6) is 0 Å². The van der Waals surface area contributed by atoms with Gasteiger partial charge >= 0.3 is 0 Å². The highest BCUT2D eigenvalue weighted by Gasteiger charge is 2.15. The summed E-state index contributed by atoms with van der Waals surface area (Å²) in [6.45, 7) is 10.6. The normalized spacial score (nSPS) is 14.7. The molecule has 0 saturated carbocycles. The van der Waals surface area contributed by atoms with E-state index in [-0.39, 0.29) is 11.4 Å². The lowest BCUT2D eigenvalue weighted by atomic mass is 9.95. The lowest BCUT2D eigenvalue weighted by Crippen LogP contribution is -2.22. The quantitative estimate of drug-likeness (QED) is 0.372. The summed E-state index contributed by atoms with van der Waals surface area (Å²) in [5.74, 6) is 0.905. The molecule has 0 saturated heterocycles. The van der Waals surface area contributed by atoms with Gasteiger partial charge in [-0.2, -0.15) is 0 Å². The van der Waals surface area contributed by atoms with Crippen LogP contribution in [-0.4, -0.2) is 18.5 Å². The Morgan fingerprint density at radius 1 is 1.33 bits per heavy atom. The molecular formula is C19H34O2. The topological polar surface area (TPSA) is 26.3 Å². The molecule has 0 fully saturated rings. The summed E-state index contributed by atoms with van der Waals surface area (Å²) in [4.78, 5) is 11.5. The van der Waals surface area contributed by atoms with Gasteiger partial charge in [-0.05, 0) is 57.6 Å². The first-order chi connectivity index (χ1) is 9.80. The Morgan fingerprint density at radius 3 is 2.57 bits per heavy atom. The molecule has 0 aliphatic heterocycles. The maximum Gasteiger partial charge on any atom is 0.155 e. The van der Waals surface area contributed by atoms with Crippen molar-refractivity contribution < 1.29 is 9.53 Å². The van der Waals surface area contributed by atoms with Crippen molar-refractivity contribution in [3.63, 3.8) is 0 Å². The fourth-order valence-electron chi connectivity index (χ4n) is 2.20. The zero-order valence-electron chi connectivity index (χ0n) is 14.9. The summed E-state index contributed by atoms with van der Waals surface area (Å²) in [7, 11) is 1.78. The van der Waals surface area contributed by atoms with E-state index in [1.165, 1.54) is 12.8 Å². The van der Waals surface area contributed by atoms with E-state index in [2.05, 4.69) is 32.9 Å². The molecule has 1 unspecified atom stereocenters. The molecule has 0 aromatic rings. The number of carbonyl (C=O) groups excluding carboxylic acids is 1. The van der Waals surface area contributed by atoms with Crippen LogP contribution in [0.15, 0.2) is 23.8 Å². The van der Waals surface area contributed by atoms with Gasteiger partial charge in [-0.15, -0.1) is 0 Å². The Labute approximate surface area is 131 Å². The summed E-state index contributed by atoms with van der Waals surface area (Å²) in [6, 6.07) is 0. The molecule has 0 radical (unpaired) electrons. The van der Waals surface area contributed by atoms with Crippen molar-refractivity contribution in [2.24, 2.45) is 5.92 Å². The van der Waals surface area contributed by atoms with Gasteiger partial charge in [-0.3, -0.25) is 4.79 Å². The first kappa shape index (κ1) is 20.1. The minimum atomic E-state index is -0.00543. The van der Waals surface area contributed by atoms with Gasteiger partial charge in [0.05, 0.1) is 5.60 Å².